The fourth-order valence-electron chi connectivity index (χ4n) is 1.86. The van der Waals surface area contributed by atoms with Gasteiger partial charge in [0, 0.05) is 31.9 Å². The van der Waals surface area contributed by atoms with Gasteiger partial charge in [-0.05, 0) is 18.3 Å². The van der Waals surface area contributed by atoms with Crippen molar-refractivity contribution in [2.75, 3.05) is 0 Å². The first-order chi connectivity index (χ1) is 7.51. The van der Waals surface area contributed by atoms with Crippen LogP contribution in [0, 0.1) is 5.41 Å². The number of hydrazine groups is 1. The molecule has 0 saturated heterocycles. The molecule has 16 heavy (non-hydrogen) atoms. The molecule has 3 N–H and O–H groups in total. The lowest BCUT2D eigenvalue weighted by Crippen LogP contribution is -2.45. The smallest absolute Gasteiger partial charge is 0.108 e. The third-order valence-electron chi connectivity index (χ3n) is 3.63. The summed E-state index contributed by atoms with van der Waals surface area (Å²) in [5, 5.41) is 0. The van der Waals surface area contributed by atoms with Crippen LogP contribution in [0.5, 0.6) is 0 Å². The fourth-order valence-corrected chi connectivity index (χ4v) is 1.86. The molecule has 0 saturated carbocycles. The van der Waals surface area contributed by atoms with E-state index in [-0.39, 0.29) is 5.41 Å². The molecule has 1 heterocycles. The van der Waals surface area contributed by atoms with E-state index in [4.69, 9.17) is 5.84 Å². The van der Waals surface area contributed by atoms with E-state index >= 15 is 0 Å². The topological polar surface area (TPSA) is 55.9 Å². The maximum absolute atomic E-state index is 5.63. The zero-order valence-corrected chi connectivity index (χ0v) is 10.8. The molecule has 4 nitrogen and oxygen atoms in total. The highest BCUT2D eigenvalue weighted by Crippen LogP contribution is 2.27. The molecule has 0 aliphatic rings. The zero-order valence-electron chi connectivity index (χ0n) is 10.8. The van der Waals surface area contributed by atoms with Crippen LogP contribution in [0.15, 0.2) is 12.4 Å². The van der Waals surface area contributed by atoms with Gasteiger partial charge in [-0.1, -0.05) is 20.8 Å². The third kappa shape index (κ3) is 3.06. The van der Waals surface area contributed by atoms with Gasteiger partial charge >= 0.3 is 0 Å². The summed E-state index contributed by atoms with van der Waals surface area (Å²) in [5.74, 6) is 6.75. The van der Waals surface area contributed by atoms with E-state index in [1.807, 2.05) is 19.4 Å². The van der Waals surface area contributed by atoms with E-state index in [0.29, 0.717) is 6.04 Å². The van der Waals surface area contributed by atoms with Gasteiger partial charge < -0.3 is 4.57 Å². The summed E-state index contributed by atoms with van der Waals surface area (Å²) >= 11 is 0. The molecule has 0 radical (unpaired) electrons. The molecule has 92 valence electrons. The van der Waals surface area contributed by atoms with Gasteiger partial charge in [0.2, 0.25) is 0 Å². The van der Waals surface area contributed by atoms with Gasteiger partial charge in [-0.15, -0.1) is 0 Å². The largest absolute Gasteiger partial charge is 0.338 e. The molecule has 0 aliphatic heterocycles. The zero-order chi connectivity index (χ0) is 12.2. The van der Waals surface area contributed by atoms with Crippen LogP contribution in [0.4, 0.5) is 0 Å². The lowest BCUT2D eigenvalue weighted by Gasteiger charge is -2.32. The second kappa shape index (κ2) is 5.46. The summed E-state index contributed by atoms with van der Waals surface area (Å²) in [6.45, 7) is 6.69. The lowest BCUT2D eigenvalue weighted by molar-refractivity contribution is 0.221. The van der Waals surface area contributed by atoms with Crippen LogP contribution >= 0.6 is 0 Å². The molecule has 0 bridgehead atoms. The molecule has 1 unspecified atom stereocenters. The number of rotatable bonds is 6. The molecule has 1 aromatic rings. The second-order valence-corrected chi connectivity index (χ2v) is 5.05. The van der Waals surface area contributed by atoms with Crippen LogP contribution in [0.1, 0.15) is 39.4 Å². The molecule has 4 heteroatoms. The molecule has 0 fully saturated rings. The van der Waals surface area contributed by atoms with Crippen molar-refractivity contribution in [2.24, 2.45) is 18.3 Å². The van der Waals surface area contributed by atoms with Gasteiger partial charge in [0.05, 0.1) is 0 Å². The first-order valence-corrected chi connectivity index (χ1v) is 5.93. The van der Waals surface area contributed by atoms with Crippen LogP contribution in [0.3, 0.4) is 0 Å². The Labute approximate surface area is 98.2 Å². The van der Waals surface area contributed by atoms with Gasteiger partial charge in [-0.2, -0.15) is 0 Å². The predicted molar refractivity (Wildman–Crippen MR) is 66.7 cm³/mol. The van der Waals surface area contributed by atoms with E-state index in [1.165, 1.54) is 0 Å². The van der Waals surface area contributed by atoms with Gasteiger partial charge in [0.1, 0.15) is 5.82 Å². The molecular formula is C12H24N4. The molecule has 1 rings (SSSR count). The number of imidazole rings is 1. The summed E-state index contributed by atoms with van der Waals surface area (Å²) in [5.41, 5.74) is 3.16. The van der Waals surface area contributed by atoms with Crippen molar-refractivity contribution >= 4 is 0 Å². The van der Waals surface area contributed by atoms with Crippen molar-refractivity contribution in [1.29, 1.82) is 0 Å². The number of aromatic nitrogens is 2. The molecule has 0 aromatic carbocycles. The van der Waals surface area contributed by atoms with Crippen molar-refractivity contribution in [3.05, 3.63) is 18.2 Å². The van der Waals surface area contributed by atoms with E-state index in [9.17, 15) is 0 Å². The first-order valence-electron chi connectivity index (χ1n) is 5.93. The SMILES string of the molecule is CCC(C)(C)C(CCc1nccn1C)NN. The monoisotopic (exact) mass is 224 g/mol. The minimum atomic E-state index is 0.222. The quantitative estimate of drug-likeness (QED) is 0.570. The minimum Gasteiger partial charge on any atom is -0.338 e. The fraction of sp³-hybridized carbons (Fsp3) is 0.750. The summed E-state index contributed by atoms with van der Waals surface area (Å²) in [6.07, 6.45) is 6.91. The van der Waals surface area contributed by atoms with Crippen LogP contribution in [0.25, 0.3) is 0 Å². The standard InChI is InChI=1S/C12H24N4/c1-5-12(2,3)10(15-13)6-7-11-14-8-9-16(11)4/h8-10,15H,5-7,13H2,1-4H3. The van der Waals surface area contributed by atoms with Crippen molar-refractivity contribution in [2.45, 2.75) is 46.1 Å². The van der Waals surface area contributed by atoms with Crippen molar-refractivity contribution in [3.8, 4) is 0 Å². The molecule has 1 atom stereocenters. The number of hydrogen-bond acceptors (Lipinski definition) is 3. The Morgan fingerprint density at radius 1 is 1.56 bits per heavy atom. The Morgan fingerprint density at radius 3 is 2.69 bits per heavy atom. The maximum Gasteiger partial charge on any atom is 0.108 e. The second-order valence-electron chi connectivity index (χ2n) is 5.05. The number of nitrogens with zero attached hydrogens (tertiary/aromatic N) is 2. The average Bonchev–Trinajstić information content (AvgIpc) is 2.65. The highest BCUT2D eigenvalue weighted by Gasteiger charge is 2.26. The molecule has 0 aliphatic carbocycles. The minimum absolute atomic E-state index is 0.222. The summed E-state index contributed by atoms with van der Waals surface area (Å²) in [7, 11) is 2.03. The molecule has 0 spiro atoms. The molecule has 1 aromatic heterocycles. The maximum atomic E-state index is 5.63. The van der Waals surface area contributed by atoms with Crippen LogP contribution in [-0.2, 0) is 13.5 Å². The number of nitrogens with one attached hydrogen (secondary N) is 1. The van der Waals surface area contributed by atoms with Crippen molar-refractivity contribution in [1.82, 2.24) is 15.0 Å². The molecule has 0 amide bonds. The van der Waals surface area contributed by atoms with Gasteiger partial charge in [0.15, 0.2) is 0 Å². The van der Waals surface area contributed by atoms with Crippen LogP contribution < -0.4 is 11.3 Å². The Kier molecular flexibility index (Phi) is 4.50. The van der Waals surface area contributed by atoms with Crippen molar-refractivity contribution in [3.63, 3.8) is 0 Å². The Morgan fingerprint density at radius 2 is 2.25 bits per heavy atom. The third-order valence-corrected chi connectivity index (χ3v) is 3.63. The highest BCUT2D eigenvalue weighted by molar-refractivity contribution is 4.93. The summed E-state index contributed by atoms with van der Waals surface area (Å²) in [6, 6.07) is 0.328. The van der Waals surface area contributed by atoms with Crippen LogP contribution in [-0.4, -0.2) is 15.6 Å². The normalized spacial score (nSPS) is 14.1. The van der Waals surface area contributed by atoms with Crippen molar-refractivity contribution < 1.29 is 0 Å². The average molecular weight is 224 g/mol. The van der Waals surface area contributed by atoms with Gasteiger partial charge in [0.25, 0.3) is 0 Å². The Balaban J connectivity index is 2.56. The van der Waals surface area contributed by atoms with E-state index in [2.05, 4.69) is 35.7 Å². The van der Waals surface area contributed by atoms with Gasteiger partial charge in [-0.3, -0.25) is 11.3 Å². The van der Waals surface area contributed by atoms with E-state index in [0.717, 1.165) is 25.1 Å². The number of aryl methyl sites for hydroxylation is 2. The lowest BCUT2D eigenvalue weighted by atomic mass is 9.80. The van der Waals surface area contributed by atoms with E-state index < -0.39 is 0 Å². The van der Waals surface area contributed by atoms with Gasteiger partial charge in [-0.25, -0.2) is 4.98 Å². The summed E-state index contributed by atoms with van der Waals surface area (Å²) < 4.78 is 2.06. The number of hydrogen-bond donors (Lipinski definition) is 2. The van der Waals surface area contributed by atoms with E-state index in [1.54, 1.807) is 0 Å². The molecular weight excluding hydrogens is 200 g/mol. The number of nitrogens with two attached hydrogens (primary N) is 1. The Bertz CT molecular complexity index is 317. The van der Waals surface area contributed by atoms with Crippen LogP contribution in [0.2, 0.25) is 0 Å². The first kappa shape index (κ1) is 13.2. The highest BCUT2D eigenvalue weighted by atomic mass is 15.2. The predicted octanol–water partition coefficient (Wildman–Crippen LogP) is 1.62. The Hall–Kier alpha value is -0.870. The summed E-state index contributed by atoms with van der Waals surface area (Å²) in [4.78, 5) is 4.32.